The SMILES string of the molecule is CN(C)S(=O)(=O)c1ccc2c(c1)S(=O)(=O)NC(C1CCCC1)C2. The Morgan fingerprint density at radius 2 is 1.83 bits per heavy atom. The maximum absolute atomic E-state index is 12.6. The molecule has 0 saturated heterocycles. The molecule has 23 heavy (non-hydrogen) atoms. The smallest absolute Gasteiger partial charge is 0.207 e. The topological polar surface area (TPSA) is 83.6 Å². The molecule has 1 heterocycles. The van der Waals surface area contributed by atoms with Crippen LogP contribution in [0, 0.1) is 5.92 Å². The van der Waals surface area contributed by atoms with Crippen molar-refractivity contribution in [1.29, 1.82) is 0 Å². The number of rotatable bonds is 3. The molecule has 1 aliphatic heterocycles. The minimum atomic E-state index is -3.67. The van der Waals surface area contributed by atoms with Gasteiger partial charge in [-0.3, -0.25) is 0 Å². The van der Waals surface area contributed by atoms with Crippen LogP contribution < -0.4 is 4.72 Å². The summed E-state index contributed by atoms with van der Waals surface area (Å²) in [7, 11) is -4.46. The fourth-order valence-electron chi connectivity index (χ4n) is 3.49. The van der Waals surface area contributed by atoms with E-state index in [0.717, 1.165) is 30.0 Å². The van der Waals surface area contributed by atoms with E-state index in [-0.39, 0.29) is 15.8 Å². The molecule has 6 nitrogen and oxygen atoms in total. The highest BCUT2D eigenvalue weighted by Crippen LogP contribution is 2.34. The zero-order valence-corrected chi connectivity index (χ0v) is 15.0. The van der Waals surface area contributed by atoms with Crippen molar-refractivity contribution in [3.63, 3.8) is 0 Å². The number of nitrogens with one attached hydrogen (secondary N) is 1. The first-order valence-corrected chi connectivity index (χ1v) is 10.7. The number of fused-ring (bicyclic) bond motifs is 1. The maximum atomic E-state index is 12.6. The zero-order chi connectivity index (χ0) is 16.8. The average Bonchev–Trinajstić information content (AvgIpc) is 3.00. The van der Waals surface area contributed by atoms with E-state index in [1.165, 1.54) is 26.2 Å². The molecular formula is C15H22N2O4S2. The molecular weight excluding hydrogens is 336 g/mol. The lowest BCUT2D eigenvalue weighted by Crippen LogP contribution is -2.45. The molecule has 1 saturated carbocycles. The highest BCUT2D eigenvalue weighted by atomic mass is 32.2. The van der Waals surface area contributed by atoms with Gasteiger partial charge in [-0.2, -0.15) is 0 Å². The van der Waals surface area contributed by atoms with E-state index in [4.69, 9.17) is 0 Å². The lowest BCUT2D eigenvalue weighted by molar-refractivity contribution is 0.387. The lowest BCUT2D eigenvalue weighted by Gasteiger charge is -2.30. The second kappa shape index (κ2) is 5.84. The largest absolute Gasteiger partial charge is 0.242 e. The maximum Gasteiger partial charge on any atom is 0.242 e. The van der Waals surface area contributed by atoms with Crippen molar-refractivity contribution in [3.05, 3.63) is 23.8 Å². The molecule has 128 valence electrons. The van der Waals surface area contributed by atoms with Gasteiger partial charge in [0.25, 0.3) is 0 Å². The molecule has 1 atom stereocenters. The Hall–Kier alpha value is -0.960. The highest BCUT2D eigenvalue weighted by molar-refractivity contribution is 7.90. The Morgan fingerprint density at radius 1 is 1.17 bits per heavy atom. The first-order chi connectivity index (χ1) is 10.7. The third-order valence-corrected chi connectivity index (χ3v) is 8.21. The van der Waals surface area contributed by atoms with Crippen LogP contribution in [0.5, 0.6) is 0 Å². The molecule has 2 aliphatic rings. The molecule has 8 heteroatoms. The normalized spacial score (nSPS) is 24.7. The van der Waals surface area contributed by atoms with E-state index < -0.39 is 20.0 Å². The van der Waals surface area contributed by atoms with E-state index >= 15 is 0 Å². The number of hydrogen-bond donors (Lipinski definition) is 1. The number of hydrogen-bond acceptors (Lipinski definition) is 4. The van der Waals surface area contributed by atoms with Gasteiger partial charge in [0.15, 0.2) is 0 Å². The van der Waals surface area contributed by atoms with Gasteiger partial charge in [0.2, 0.25) is 20.0 Å². The minimum absolute atomic E-state index is 0.00550. The number of nitrogens with zero attached hydrogens (tertiary/aromatic N) is 1. The van der Waals surface area contributed by atoms with Gasteiger partial charge < -0.3 is 0 Å². The fourth-order valence-corrected chi connectivity index (χ4v) is 6.07. The Kier molecular flexibility index (Phi) is 4.29. The van der Waals surface area contributed by atoms with Crippen LogP contribution in [-0.2, 0) is 26.5 Å². The predicted molar refractivity (Wildman–Crippen MR) is 87.1 cm³/mol. The molecule has 1 N–H and O–H groups in total. The molecule has 0 aromatic heterocycles. The van der Waals surface area contributed by atoms with Gasteiger partial charge >= 0.3 is 0 Å². The Morgan fingerprint density at radius 3 is 2.43 bits per heavy atom. The number of benzene rings is 1. The van der Waals surface area contributed by atoms with Crippen molar-refractivity contribution in [1.82, 2.24) is 9.03 Å². The van der Waals surface area contributed by atoms with Gasteiger partial charge in [-0.25, -0.2) is 25.9 Å². The van der Waals surface area contributed by atoms with Crippen LogP contribution in [0.15, 0.2) is 28.0 Å². The van der Waals surface area contributed by atoms with E-state index in [1.54, 1.807) is 6.07 Å². The quantitative estimate of drug-likeness (QED) is 0.883. The molecule has 1 aromatic rings. The van der Waals surface area contributed by atoms with Gasteiger partial charge in [-0.05, 0) is 42.9 Å². The Labute approximate surface area is 138 Å². The monoisotopic (exact) mass is 358 g/mol. The molecule has 1 aromatic carbocycles. The average molecular weight is 358 g/mol. The van der Waals surface area contributed by atoms with E-state index in [9.17, 15) is 16.8 Å². The zero-order valence-electron chi connectivity index (χ0n) is 13.3. The van der Waals surface area contributed by atoms with Gasteiger partial charge in [0, 0.05) is 20.1 Å². The third kappa shape index (κ3) is 3.05. The standard InChI is InChI=1S/C15H22N2O4S2/c1-17(2)23(20,21)13-8-7-12-9-14(11-5-3-4-6-11)16-22(18,19)15(12)10-13/h7-8,10-11,14,16H,3-6,9H2,1-2H3. The van der Waals surface area contributed by atoms with Gasteiger partial charge in [0.05, 0.1) is 9.79 Å². The summed E-state index contributed by atoms with van der Waals surface area (Å²) in [5.41, 5.74) is 0.707. The fraction of sp³-hybridized carbons (Fsp3) is 0.600. The summed E-state index contributed by atoms with van der Waals surface area (Å²) in [6.07, 6.45) is 5.03. The molecule has 3 rings (SSSR count). The number of sulfonamides is 2. The first kappa shape index (κ1) is 16.9. The molecule has 0 radical (unpaired) electrons. The van der Waals surface area contributed by atoms with E-state index in [0.29, 0.717) is 17.9 Å². The van der Waals surface area contributed by atoms with Crippen molar-refractivity contribution in [2.45, 2.75) is 47.9 Å². The molecule has 0 bridgehead atoms. The Bertz CT molecular complexity index is 810. The van der Waals surface area contributed by atoms with Crippen molar-refractivity contribution in [2.24, 2.45) is 5.92 Å². The van der Waals surface area contributed by atoms with Crippen LogP contribution in [0.1, 0.15) is 31.2 Å². The third-order valence-electron chi connectivity index (χ3n) is 4.82. The van der Waals surface area contributed by atoms with Crippen molar-refractivity contribution < 1.29 is 16.8 Å². The first-order valence-electron chi connectivity index (χ1n) is 7.79. The van der Waals surface area contributed by atoms with Gasteiger partial charge in [-0.1, -0.05) is 18.9 Å². The molecule has 1 fully saturated rings. The molecule has 1 unspecified atom stereocenters. The van der Waals surface area contributed by atoms with E-state index in [1.807, 2.05) is 0 Å². The second-order valence-electron chi connectivity index (χ2n) is 6.53. The molecule has 0 amide bonds. The summed E-state index contributed by atoms with van der Waals surface area (Å²) >= 11 is 0. The summed E-state index contributed by atoms with van der Waals surface area (Å²) in [6.45, 7) is 0. The van der Waals surface area contributed by atoms with Crippen LogP contribution in [0.3, 0.4) is 0 Å². The van der Waals surface area contributed by atoms with Crippen LogP contribution in [-0.4, -0.2) is 41.3 Å². The Balaban J connectivity index is 2.01. The van der Waals surface area contributed by atoms with Crippen molar-refractivity contribution in [3.8, 4) is 0 Å². The summed E-state index contributed by atoms with van der Waals surface area (Å²) < 4.78 is 53.4. The second-order valence-corrected chi connectivity index (χ2v) is 10.4. The van der Waals surface area contributed by atoms with Crippen molar-refractivity contribution >= 4 is 20.0 Å². The summed E-state index contributed by atoms with van der Waals surface area (Å²) in [5, 5.41) is 0. The summed E-state index contributed by atoms with van der Waals surface area (Å²) in [4.78, 5) is 0.0978. The molecule has 1 aliphatic carbocycles. The van der Waals surface area contributed by atoms with Crippen LogP contribution >= 0.6 is 0 Å². The summed E-state index contributed by atoms with van der Waals surface area (Å²) in [6, 6.07) is 4.34. The summed E-state index contributed by atoms with van der Waals surface area (Å²) in [5.74, 6) is 0.378. The van der Waals surface area contributed by atoms with Crippen LogP contribution in [0.25, 0.3) is 0 Å². The van der Waals surface area contributed by atoms with Crippen LogP contribution in [0.2, 0.25) is 0 Å². The lowest BCUT2D eigenvalue weighted by atomic mass is 9.93. The molecule has 0 spiro atoms. The van der Waals surface area contributed by atoms with E-state index in [2.05, 4.69) is 4.72 Å². The highest BCUT2D eigenvalue weighted by Gasteiger charge is 2.36. The van der Waals surface area contributed by atoms with Crippen LogP contribution in [0.4, 0.5) is 0 Å². The van der Waals surface area contributed by atoms with Gasteiger partial charge in [-0.15, -0.1) is 0 Å². The van der Waals surface area contributed by atoms with Crippen molar-refractivity contribution in [2.75, 3.05) is 14.1 Å². The van der Waals surface area contributed by atoms with Gasteiger partial charge in [0.1, 0.15) is 0 Å². The minimum Gasteiger partial charge on any atom is -0.207 e. The predicted octanol–water partition coefficient (Wildman–Crippen LogP) is 1.33.